The molecule has 1 fully saturated rings. The quantitative estimate of drug-likeness (QED) is 0.761. The molecule has 0 spiro atoms. The van der Waals surface area contributed by atoms with Crippen LogP contribution in [0.5, 0.6) is 0 Å². The van der Waals surface area contributed by atoms with Gasteiger partial charge in [-0.1, -0.05) is 13.8 Å². The van der Waals surface area contributed by atoms with E-state index in [0.717, 1.165) is 25.9 Å². The molecule has 0 aromatic rings. The molecule has 1 heterocycles. The molecule has 1 rings (SSSR count). The molecule has 1 aliphatic heterocycles. The van der Waals surface area contributed by atoms with Gasteiger partial charge in [0, 0.05) is 18.6 Å². The Morgan fingerprint density at radius 3 is 2.82 bits per heavy atom. The standard InChI is InChI=1S/C13H26N2O2/c1-10(9-17-4)15-12(16)13(2,3)11-6-5-7-14-8-11/h10-11,14H,5-9H2,1-4H3,(H,15,16). The van der Waals surface area contributed by atoms with Crippen molar-refractivity contribution in [3.8, 4) is 0 Å². The first-order valence-corrected chi connectivity index (χ1v) is 6.49. The first-order chi connectivity index (χ1) is 7.98. The summed E-state index contributed by atoms with van der Waals surface area (Å²) in [6.45, 7) is 8.63. The second-order valence-electron chi connectivity index (χ2n) is 5.59. The van der Waals surface area contributed by atoms with Crippen molar-refractivity contribution in [2.75, 3.05) is 26.8 Å². The Hall–Kier alpha value is -0.610. The molecular formula is C13H26N2O2. The highest BCUT2D eigenvalue weighted by atomic mass is 16.5. The van der Waals surface area contributed by atoms with Crippen LogP contribution in [0.15, 0.2) is 0 Å². The molecule has 2 unspecified atom stereocenters. The Kier molecular flexibility index (Phi) is 5.40. The van der Waals surface area contributed by atoms with Crippen molar-refractivity contribution >= 4 is 5.91 Å². The Bertz CT molecular complexity index is 248. The third-order valence-corrected chi connectivity index (χ3v) is 3.70. The second kappa shape index (κ2) is 6.36. The van der Waals surface area contributed by atoms with Crippen LogP contribution in [0.25, 0.3) is 0 Å². The van der Waals surface area contributed by atoms with Gasteiger partial charge in [-0.15, -0.1) is 0 Å². The van der Waals surface area contributed by atoms with Crippen LogP contribution in [-0.2, 0) is 9.53 Å². The van der Waals surface area contributed by atoms with E-state index in [-0.39, 0.29) is 17.4 Å². The van der Waals surface area contributed by atoms with E-state index in [0.29, 0.717) is 12.5 Å². The minimum absolute atomic E-state index is 0.0725. The van der Waals surface area contributed by atoms with Crippen LogP contribution in [0.4, 0.5) is 0 Å². The number of piperidine rings is 1. The maximum atomic E-state index is 12.3. The van der Waals surface area contributed by atoms with Crippen molar-refractivity contribution in [1.82, 2.24) is 10.6 Å². The molecule has 4 heteroatoms. The SMILES string of the molecule is COCC(C)NC(=O)C(C)(C)C1CCCNC1. The highest BCUT2D eigenvalue weighted by Crippen LogP contribution is 2.31. The van der Waals surface area contributed by atoms with Crippen LogP contribution >= 0.6 is 0 Å². The fraction of sp³-hybridized carbons (Fsp3) is 0.923. The van der Waals surface area contributed by atoms with Crippen LogP contribution in [-0.4, -0.2) is 38.8 Å². The number of carbonyl (C=O) groups is 1. The van der Waals surface area contributed by atoms with Gasteiger partial charge in [-0.2, -0.15) is 0 Å². The summed E-state index contributed by atoms with van der Waals surface area (Å²) in [4.78, 5) is 12.3. The van der Waals surface area contributed by atoms with Crippen LogP contribution in [0.1, 0.15) is 33.6 Å². The third kappa shape index (κ3) is 3.96. The summed E-state index contributed by atoms with van der Waals surface area (Å²) >= 11 is 0. The molecule has 0 radical (unpaired) electrons. The first-order valence-electron chi connectivity index (χ1n) is 6.49. The zero-order valence-electron chi connectivity index (χ0n) is 11.5. The molecule has 1 aliphatic rings. The average molecular weight is 242 g/mol. The Morgan fingerprint density at radius 1 is 1.59 bits per heavy atom. The fourth-order valence-corrected chi connectivity index (χ4v) is 2.35. The summed E-state index contributed by atoms with van der Waals surface area (Å²) in [5.41, 5.74) is -0.310. The lowest BCUT2D eigenvalue weighted by atomic mass is 9.74. The maximum absolute atomic E-state index is 12.3. The number of ether oxygens (including phenoxy) is 1. The highest BCUT2D eigenvalue weighted by molar-refractivity contribution is 5.82. The lowest BCUT2D eigenvalue weighted by Gasteiger charge is -2.36. The summed E-state index contributed by atoms with van der Waals surface area (Å²) in [6, 6.07) is 0.0725. The van der Waals surface area contributed by atoms with Crippen LogP contribution in [0.3, 0.4) is 0 Å². The Balaban J connectivity index is 2.52. The van der Waals surface area contributed by atoms with Gasteiger partial charge in [-0.25, -0.2) is 0 Å². The van der Waals surface area contributed by atoms with E-state index in [1.54, 1.807) is 7.11 Å². The van der Waals surface area contributed by atoms with Gasteiger partial charge in [0.05, 0.1) is 6.61 Å². The summed E-state index contributed by atoms with van der Waals surface area (Å²) in [5, 5.41) is 6.40. The van der Waals surface area contributed by atoms with Gasteiger partial charge in [0.1, 0.15) is 0 Å². The molecule has 1 saturated heterocycles. The number of hydrogen-bond donors (Lipinski definition) is 2. The number of hydrogen-bond acceptors (Lipinski definition) is 3. The maximum Gasteiger partial charge on any atom is 0.226 e. The van der Waals surface area contributed by atoms with Gasteiger partial charge in [-0.05, 0) is 38.8 Å². The lowest BCUT2D eigenvalue weighted by Crippen LogP contribution is -2.50. The number of carbonyl (C=O) groups excluding carboxylic acids is 1. The van der Waals surface area contributed by atoms with E-state index in [1.165, 1.54) is 0 Å². The Morgan fingerprint density at radius 2 is 2.29 bits per heavy atom. The highest BCUT2D eigenvalue weighted by Gasteiger charge is 2.37. The number of rotatable bonds is 5. The van der Waals surface area contributed by atoms with Crippen LogP contribution < -0.4 is 10.6 Å². The molecular weight excluding hydrogens is 216 g/mol. The summed E-state index contributed by atoms with van der Waals surface area (Å²) in [6.07, 6.45) is 2.29. The number of nitrogens with one attached hydrogen (secondary N) is 2. The molecule has 0 aliphatic carbocycles. The molecule has 2 N–H and O–H groups in total. The van der Waals surface area contributed by atoms with Crippen molar-refractivity contribution in [1.29, 1.82) is 0 Å². The molecule has 17 heavy (non-hydrogen) atoms. The van der Waals surface area contributed by atoms with E-state index in [1.807, 2.05) is 20.8 Å². The van der Waals surface area contributed by atoms with E-state index in [9.17, 15) is 4.79 Å². The molecule has 0 aromatic carbocycles. The van der Waals surface area contributed by atoms with Crippen molar-refractivity contribution in [2.45, 2.75) is 39.7 Å². The molecule has 0 aromatic heterocycles. The summed E-state index contributed by atoms with van der Waals surface area (Å²) in [5.74, 6) is 0.557. The Labute approximate surface area is 104 Å². The van der Waals surface area contributed by atoms with Gasteiger partial charge in [-0.3, -0.25) is 4.79 Å². The predicted octanol–water partition coefficient (Wildman–Crippen LogP) is 1.16. The molecule has 2 atom stereocenters. The normalized spacial score (nSPS) is 23.2. The van der Waals surface area contributed by atoms with E-state index in [2.05, 4.69) is 10.6 Å². The van der Waals surface area contributed by atoms with E-state index in [4.69, 9.17) is 4.74 Å². The minimum atomic E-state index is -0.310. The first kappa shape index (κ1) is 14.5. The number of methoxy groups -OCH3 is 1. The molecule has 0 bridgehead atoms. The molecule has 0 saturated carbocycles. The summed E-state index contributed by atoms with van der Waals surface area (Å²) in [7, 11) is 1.65. The molecule has 1 amide bonds. The van der Waals surface area contributed by atoms with Gasteiger partial charge in [0.2, 0.25) is 5.91 Å². The minimum Gasteiger partial charge on any atom is -0.383 e. The van der Waals surface area contributed by atoms with Crippen molar-refractivity contribution in [3.05, 3.63) is 0 Å². The zero-order valence-corrected chi connectivity index (χ0v) is 11.5. The van der Waals surface area contributed by atoms with Crippen LogP contribution in [0, 0.1) is 11.3 Å². The van der Waals surface area contributed by atoms with Crippen molar-refractivity contribution < 1.29 is 9.53 Å². The van der Waals surface area contributed by atoms with Gasteiger partial charge >= 0.3 is 0 Å². The van der Waals surface area contributed by atoms with E-state index >= 15 is 0 Å². The van der Waals surface area contributed by atoms with E-state index < -0.39 is 0 Å². The summed E-state index contributed by atoms with van der Waals surface area (Å²) < 4.78 is 5.04. The monoisotopic (exact) mass is 242 g/mol. The molecule has 100 valence electrons. The van der Waals surface area contributed by atoms with Gasteiger partial charge < -0.3 is 15.4 Å². The lowest BCUT2D eigenvalue weighted by molar-refractivity contribution is -0.133. The van der Waals surface area contributed by atoms with Crippen molar-refractivity contribution in [3.63, 3.8) is 0 Å². The van der Waals surface area contributed by atoms with Crippen LogP contribution in [0.2, 0.25) is 0 Å². The number of amides is 1. The predicted molar refractivity (Wildman–Crippen MR) is 68.9 cm³/mol. The second-order valence-corrected chi connectivity index (χ2v) is 5.59. The van der Waals surface area contributed by atoms with Gasteiger partial charge in [0.25, 0.3) is 0 Å². The fourth-order valence-electron chi connectivity index (χ4n) is 2.35. The smallest absolute Gasteiger partial charge is 0.226 e. The van der Waals surface area contributed by atoms with Crippen molar-refractivity contribution in [2.24, 2.45) is 11.3 Å². The topological polar surface area (TPSA) is 50.4 Å². The third-order valence-electron chi connectivity index (χ3n) is 3.70. The van der Waals surface area contributed by atoms with Gasteiger partial charge in [0.15, 0.2) is 0 Å². The molecule has 4 nitrogen and oxygen atoms in total. The zero-order chi connectivity index (χ0) is 12.9. The average Bonchev–Trinajstić information content (AvgIpc) is 2.30. The largest absolute Gasteiger partial charge is 0.383 e.